The number of piperazine rings is 1. The van der Waals surface area contributed by atoms with Crippen LogP contribution in [0.1, 0.15) is 59.0 Å². The first-order valence-electron chi connectivity index (χ1n) is 15.2. The summed E-state index contributed by atoms with van der Waals surface area (Å²) in [5.41, 5.74) is 10.3. The second-order valence-electron chi connectivity index (χ2n) is 12.6. The Morgan fingerprint density at radius 3 is 2.49 bits per heavy atom. The van der Waals surface area contributed by atoms with Crippen LogP contribution in [0.15, 0.2) is 73.4 Å². The Hall–Kier alpha value is -4.24. The molecule has 1 aromatic carbocycles. The van der Waals surface area contributed by atoms with Crippen molar-refractivity contribution < 1.29 is 9.53 Å². The molecule has 6 rings (SSSR count). The van der Waals surface area contributed by atoms with Crippen molar-refractivity contribution in [1.82, 2.24) is 29.3 Å². The highest BCUT2D eigenvalue weighted by atomic mass is 16.6. The zero-order valence-corrected chi connectivity index (χ0v) is 25.3. The molecule has 3 unspecified atom stereocenters. The van der Waals surface area contributed by atoms with Gasteiger partial charge in [0.25, 0.3) is 0 Å². The van der Waals surface area contributed by atoms with Crippen molar-refractivity contribution in [1.29, 1.82) is 0 Å². The first kappa shape index (κ1) is 28.9. The summed E-state index contributed by atoms with van der Waals surface area (Å²) >= 11 is 0. The summed E-state index contributed by atoms with van der Waals surface area (Å²) < 4.78 is 8.08. The fourth-order valence-electron chi connectivity index (χ4n) is 6.53. The van der Waals surface area contributed by atoms with Crippen LogP contribution in [0.5, 0.6) is 0 Å². The summed E-state index contributed by atoms with van der Waals surface area (Å²) in [5, 5.41) is 0. The van der Waals surface area contributed by atoms with Gasteiger partial charge in [0.05, 0.1) is 17.4 Å². The number of hydrogen-bond donors (Lipinski definition) is 1. The Bertz CT molecular complexity index is 1600. The molecule has 0 aliphatic carbocycles. The van der Waals surface area contributed by atoms with Crippen molar-refractivity contribution >= 4 is 23.1 Å². The van der Waals surface area contributed by atoms with Crippen molar-refractivity contribution in [3.05, 3.63) is 73.4 Å². The molecule has 1 amide bonds. The van der Waals surface area contributed by atoms with Crippen LogP contribution in [-0.2, 0) is 4.74 Å². The van der Waals surface area contributed by atoms with E-state index in [9.17, 15) is 4.79 Å². The zero-order chi connectivity index (χ0) is 30.1. The number of pyridine rings is 2. The Kier molecular flexibility index (Phi) is 7.92. The third-order valence-electron chi connectivity index (χ3n) is 8.39. The number of unbranched alkanes of at least 4 members (excludes halogenated alkanes) is 1. The van der Waals surface area contributed by atoms with E-state index in [1.54, 1.807) is 6.20 Å². The Balaban J connectivity index is 1.45. The minimum absolute atomic E-state index is 0.0537. The fraction of sp³-hybridized carbons (Fsp3) is 0.412. The zero-order valence-electron chi connectivity index (χ0n) is 25.3. The number of amides is 1. The highest BCUT2D eigenvalue weighted by molar-refractivity contribution is 5.82. The number of fused-ring (bicyclic) bond motifs is 3. The van der Waals surface area contributed by atoms with Crippen molar-refractivity contribution in [3.63, 3.8) is 0 Å². The third-order valence-corrected chi connectivity index (χ3v) is 8.39. The van der Waals surface area contributed by atoms with E-state index in [1.165, 1.54) is 0 Å². The largest absolute Gasteiger partial charge is 0.444 e. The van der Waals surface area contributed by atoms with Gasteiger partial charge in [0, 0.05) is 36.9 Å². The molecule has 3 atom stereocenters. The smallest absolute Gasteiger partial charge is 0.410 e. The maximum Gasteiger partial charge on any atom is 0.410 e. The van der Waals surface area contributed by atoms with Crippen LogP contribution in [0.25, 0.3) is 33.8 Å². The van der Waals surface area contributed by atoms with Crippen LogP contribution in [0, 0.1) is 0 Å². The first-order valence-corrected chi connectivity index (χ1v) is 15.2. The van der Waals surface area contributed by atoms with Crippen LogP contribution >= 0.6 is 0 Å². The minimum atomic E-state index is -0.530. The first-order chi connectivity index (χ1) is 20.7. The summed E-state index contributed by atoms with van der Waals surface area (Å²) in [4.78, 5) is 32.5. The number of hydrogen-bond acceptors (Lipinski definition) is 7. The highest BCUT2D eigenvalue weighted by Crippen LogP contribution is 2.39. The van der Waals surface area contributed by atoms with Gasteiger partial charge in [-0.2, -0.15) is 0 Å². The number of imidazole rings is 1. The van der Waals surface area contributed by atoms with Gasteiger partial charge in [0.15, 0.2) is 5.65 Å². The van der Waals surface area contributed by atoms with Crippen molar-refractivity contribution in [3.8, 4) is 22.6 Å². The van der Waals surface area contributed by atoms with Gasteiger partial charge in [-0.3, -0.25) is 14.4 Å². The molecule has 43 heavy (non-hydrogen) atoms. The lowest BCUT2D eigenvalue weighted by atomic mass is 10.1. The summed E-state index contributed by atoms with van der Waals surface area (Å²) in [7, 11) is 0. The SMILES string of the molecule is C=CCCCC(N1CC2CCC(C1)N2C(=O)OC(C)(C)C)n1c(-c2cccnc2N)nc2ccc(-c3ccccc3)nc21. The van der Waals surface area contributed by atoms with E-state index in [1.807, 2.05) is 74.2 Å². The fourth-order valence-corrected chi connectivity index (χ4v) is 6.53. The normalized spacial score (nSPS) is 19.5. The second kappa shape index (κ2) is 11.8. The van der Waals surface area contributed by atoms with Crippen LogP contribution in [0.2, 0.25) is 0 Å². The van der Waals surface area contributed by atoms with Crippen molar-refractivity contribution in [2.45, 2.75) is 76.7 Å². The molecule has 0 radical (unpaired) electrons. The molecule has 9 nitrogen and oxygen atoms in total. The molecular formula is C34H41N7O2. The van der Waals surface area contributed by atoms with Crippen LogP contribution in [-0.4, -0.2) is 66.2 Å². The average Bonchev–Trinajstić information content (AvgIpc) is 3.49. The lowest BCUT2D eigenvalue weighted by molar-refractivity contribution is -0.0190. The number of ether oxygens (including phenoxy) is 1. The van der Waals surface area contributed by atoms with Gasteiger partial charge in [-0.15, -0.1) is 6.58 Å². The predicted molar refractivity (Wildman–Crippen MR) is 170 cm³/mol. The van der Waals surface area contributed by atoms with Crippen LogP contribution < -0.4 is 5.73 Å². The molecule has 0 saturated carbocycles. The standard InChI is InChI=1S/C34H41N7O2/c1-5-6-8-15-29(39-21-24-16-17-25(22-39)40(24)33(42)43-34(2,3)4)41-31(26-14-11-20-36-30(26)35)38-28-19-18-27(37-32(28)41)23-12-9-7-10-13-23/h5,7,9-14,18-20,24-25,29H,1,6,8,15-17,21-22H2,2-4H3,(H2,35,36). The summed E-state index contributed by atoms with van der Waals surface area (Å²) in [5.74, 6) is 1.19. The Labute approximate surface area is 253 Å². The molecule has 2 saturated heterocycles. The number of nitrogens with zero attached hydrogens (tertiary/aromatic N) is 6. The van der Waals surface area contributed by atoms with E-state index in [2.05, 4.69) is 33.2 Å². The number of nitrogen functional groups attached to an aromatic ring is 1. The monoisotopic (exact) mass is 579 g/mol. The van der Waals surface area contributed by atoms with E-state index in [4.69, 9.17) is 20.4 Å². The lowest BCUT2D eigenvalue weighted by Crippen LogP contribution is -2.57. The topological polar surface area (TPSA) is 102 Å². The quantitative estimate of drug-likeness (QED) is 0.183. The molecule has 224 valence electrons. The maximum atomic E-state index is 13.2. The predicted octanol–water partition coefficient (Wildman–Crippen LogP) is 6.68. The Morgan fingerprint density at radius 2 is 1.81 bits per heavy atom. The van der Waals surface area contributed by atoms with Gasteiger partial charge in [-0.05, 0) is 77.1 Å². The molecular weight excluding hydrogens is 538 g/mol. The number of anilines is 1. The minimum Gasteiger partial charge on any atom is -0.444 e. The number of likely N-dealkylation sites (tertiary alicyclic amines) is 1. The number of carbonyl (C=O) groups is 1. The van der Waals surface area contributed by atoms with Gasteiger partial charge in [0.2, 0.25) is 0 Å². The summed E-state index contributed by atoms with van der Waals surface area (Å²) in [6, 6.07) is 18.3. The molecule has 9 heteroatoms. The number of benzene rings is 1. The molecule has 0 spiro atoms. The van der Waals surface area contributed by atoms with Gasteiger partial charge in [-0.1, -0.05) is 36.4 Å². The van der Waals surface area contributed by atoms with Crippen LogP contribution in [0.3, 0.4) is 0 Å². The van der Waals surface area contributed by atoms with Crippen LogP contribution in [0.4, 0.5) is 10.6 Å². The molecule has 4 aromatic rings. The van der Waals surface area contributed by atoms with Gasteiger partial charge >= 0.3 is 6.09 Å². The number of nitrogens with two attached hydrogens (primary N) is 1. The van der Waals surface area contributed by atoms with E-state index >= 15 is 0 Å². The molecule has 5 heterocycles. The van der Waals surface area contributed by atoms with E-state index < -0.39 is 5.60 Å². The number of carbonyl (C=O) groups excluding carboxylic acids is 1. The van der Waals surface area contributed by atoms with Crippen molar-refractivity contribution in [2.24, 2.45) is 0 Å². The van der Waals surface area contributed by atoms with E-state index in [-0.39, 0.29) is 24.3 Å². The van der Waals surface area contributed by atoms with Gasteiger partial charge in [0.1, 0.15) is 22.8 Å². The Morgan fingerprint density at radius 1 is 1.07 bits per heavy atom. The second-order valence-corrected chi connectivity index (χ2v) is 12.6. The molecule has 2 bridgehead atoms. The molecule has 2 N–H and O–H groups in total. The summed E-state index contributed by atoms with van der Waals surface area (Å²) in [6.45, 7) is 11.2. The van der Waals surface area contributed by atoms with E-state index in [0.29, 0.717) is 5.82 Å². The molecule has 2 aliphatic heterocycles. The number of allylic oxidation sites excluding steroid dienone is 1. The third kappa shape index (κ3) is 5.86. The number of aromatic nitrogens is 4. The van der Waals surface area contributed by atoms with E-state index in [0.717, 1.165) is 79.0 Å². The highest BCUT2D eigenvalue weighted by Gasteiger charge is 2.46. The molecule has 2 aliphatic rings. The van der Waals surface area contributed by atoms with Crippen molar-refractivity contribution in [2.75, 3.05) is 18.8 Å². The average molecular weight is 580 g/mol. The molecule has 3 aromatic heterocycles. The lowest BCUT2D eigenvalue weighted by Gasteiger charge is -2.45. The van der Waals surface area contributed by atoms with Gasteiger partial charge < -0.3 is 10.5 Å². The van der Waals surface area contributed by atoms with Gasteiger partial charge in [-0.25, -0.2) is 19.7 Å². The summed E-state index contributed by atoms with van der Waals surface area (Å²) in [6.07, 6.45) is 8.05. The maximum absolute atomic E-state index is 13.2. The number of rotatable bonds is 8. The molecule has 2 fully saturated rings.